The molecule has 0 radical (unpaired) electrons. The van der Waals surface area contributed by atoms with E-state index in [-0.39, 0.29) is 12.8 Å². The fourth-order valence-electron chi connectivity index (χ4n) is 1.18. The van der Waals surface area contributed by atoms with Crippen LogP contribution < -0.4 is 5.30 Å². The first-order valence-electron chi connectivity index (χ1n) is 4.49. The summed E-state index contributed by atoms with van der Waals surface area (Å²) in [5.41, 5.74) is 0. The molecule has 1 aromatic carbocycles. The zero-order valence-corrected chi connectivity index (χ0v) is 9.21. The molecule has 5 heteroatoms. The zero-order valence-electron chi connectivity index (χ0n) is 8.31. The van der Waals surface area contributed by atoms with Gasteiger partial charge >= 0.3 is 0 Å². The van der Waals surface area contributed by atoms with E-state index in [4.69, 9.17) is 9.79 Å². The maximum atomic E-state index is 12.7. The van der Waals surface area contributed by atoms with Gasteiger partial charge < -0.3 is 4.52 Å². The molecule has 0 saturated heterocycles. The van der Waals surface area contributed by atoms with Crippen molar-refractivity contribution in [3.05, 3.63) is 30.1 Å². The largest absolute Gasteiger partial charge is 0.325 e. The standard InChI is InChI=1S/C10H11FNO2P/c1-2-14-15(13,8-7-12)10-5-3-9(11)4-6-10/h3-6H,2,8H2,1H3. The number of rotatable bonds is 4. The number of hydrogen-bond donors (Lipinski definition) is 0. The second kappa shape index (κ2) is 5.06. The summed E-state index contributed by atoms with van der Waals surface area (Å²) in [4.78, 5) is 0. The number of hydrogen-bond acceptors (Lipinski definition) is 3. The SMILES string of the molecule is CCOP(=O)(CC#N)c1ccc(F)cc1. The fraction of sp³-hybridized carbons (Fsp3) is 0.300. The highest BCUT2D eigenvalue weighted by atomic mass is 31.2. The quantitative estimate of drug-likeness (QED) is 0.741. The van der Waals surface area contributed by atoms with Crippen LogP contribution in [0, 0.1) is 17.1 Å². The van der Waals surface area contributed by atoms with Crippen LogP contribution in [0.4, 0.5) is 4.39 Å². The highest BCUT2D eigenvalue weighted by Gasteiger charge is 2.24. The van der Waals surface area contributed by atoms with Gasteiger partial charge in [0.1, 0.15) is 12.0 Å². The van der Waals surface area contributed by atoms with Gasteiger partial charge in [-0.1, -0.05) is 0 Å². The van der Waals surface area contributed by atoms with Crippen molar-refractivity contribution in [1.82, 2.24) is 0 Å². The van der Waals surface area contributed by atoms with Crippen molar-refractivity contribution in [1.29, 1.82) is 5.26 Å². The van der Waals surface area contributed by atoms with Crippen molar-refractivity contribution in [2.45, 2.75) is 6.92 Å². The average Bonchev–Trinajstić information content (AvgIpc) is 2.19. The number of benzene rings is 1. The van der Waals surface area contributed by atoms with Crippen molar-refractivity contribution in [2.75, 3.05) is 12.8 Å². The molecule has 80 valence electrons. The van der Waals surface area contributed by atoms with Crippen molar-refractivity contribution < 1.29 is 13.5 Å². The molecule has 0 N–H and O–H groups in total. The fourth-order valence-corrected chi connectivity index (χ4v) is 2.81. The van der Waals surface area contributed by atoms with Gasteiger partial charge in [-0.2, -0.15) is 5.26 Å². The lowest BCUT2D eigenvalue weighted by Crippen LogP contribution is -2.10. The molecule has 0 bridgehead atoms. The highest BCUT2D eigenvalue weighted by Crippen LogP contribution is 2.44. The van der Waals surface area contributed by atoms with Crippen LogP contribution in [0.5, 0.6) is 0 Å². The molecule has 1 unspecified atom stereocenters. The van der Waals surface area contributed by atoms with E-state index in [1.54, 1.807) is 6.92 Å². The van der Waals surface area contributed by atoms with Gasteiger partial charge in [0, 0.05) is 5.30 Å². The predicted octanol–water partition coefficient (Wildman–Crippen LogP) is 2.29. The van der Waals surface area contributed by atoms with Gasteiger partial charge in [0.05, 0.1) is 12.7 Å². The minimum atomic E-state index is -3.12. The Bertz CT molecular complexity index is 410. The molecule has 0 fully saturated rings. The Morgan fingerprint density at radius 2 is 2.07 bits per heavy atom. The Hall–Kier alpha value is -1.17. The molecule has 0 aliphatic carbocycles. The molecule has 0 amide bonds. The molecule has 1 aromatic rings. The van der Waals surface area contributed by atoms with Crippen LogP contribution in [0.3, 0.4) is 0 Å². The lowest BCUT2D eigenvalue weighted by Gasteiger charge is -2.14. The van der Waals surface area contributed by atoms with E-state index in [0.29, 0.717) is 5.30 Å². The van der Waals surface area contributed by atoms with Gasteiger partial charge in [0.2, 0.25) is 7.37 Å². The zero-order chi connectivity index (χ0) is 11.3. The summed E-state index contributed by atoms with van der Waals surface area (Å²) < 4.78 is 29.9. The smallest absolute Gasteiger partial charge is 0.245 e. The summed E-state index contributed by atoms with van der Waals surface area (Å²) >= 11 is 0. The van der Waals surface area contributed by atoms with Crippen molar-refractivity contribution in [2.24, 2.45) is 0 Å². The van der Waals surface area contributed by atoms with Crippen LogP contribution in [0.1, 0.15) is 6.92 Å². The van der Waals surface area contributed by atoms with Gasteiger partial charge in [-0.15, -0.1) is 0 Å². The molecular formula is C10H11FNO2P. The van der Waals surface area contributed by atoms with E-state index in [0.717, 1.165) is 0 Å². The Labute approximate surface area is 87.9 Å². The van der Waals surface area contributed by atoms with E-state index in [1.165, 1.54) is 24.3 Å². The Kier molecular flexibility index (Phi) is 4.02. The molecular weight excluding hydrogens is 216 g/mol. The monoisotopic (exact) mass is 227 g/mol. The molecule has 0 aliphatic rings. The summed E-state index contributed by atoms with van der Waals surface area (Å²) in [5, 5.41) is 8.95. The molecule has 1 rings (SSSR count). The van der Waals surface area contributed by atoms with Crippen LogP contribution in [-0.2, 0) is 9.09 Å². The van der Waals surface area contributed by atoms with Crippen LogP contribution in [0.25, 0.3) is 0 Å². The van der Waals surface area contributed by atoms with E-state index < -0.39 is 13.2 Å². The third-order valence-electron chi connectivity index (χ3n) is 1.84. The van der Waals surface area contributed by atoms with Gasteiger partial charge in [0.25, 0.3) is 0 Å². The number of halogens is 1. The first-order valence-corrected chi connectivity index (χ1v) is 6.30. The first kappa shape index (κ1) is 11.9. The summed E-state index contributed by atoms with van der Waals surface area (Å²) in [5.74, 6) is -0.404. The van der Waals surface area contributed by atoms with Crippen molar-refractivity contribution in [3.63, 3.8) is 0 Å². The van der Waals surface area contributed by atoms with E-state index in [9.17, 15) is 8.96 Å². The minimum Gasteiger partial charge on any atom is -0.325 e. The normalized spacial score (nSPS) is 14.2. The topological polar surface area (TPSA) is 50.1 Å². The molecule has 3 nitrogen and oxygen atoms in total. The maximum absolute atomic E-state index is 12.7. The minimum absolute atomic E-state index is 0.188. The third-order valence-corrected chi connectivity index (χ3v) is 4.15. The van der Waals surface area contributed by atoms with Gasteiger partial charge in [-0.05, 0) is 31.2 Å². The van der Waals surface area contributed by atoms with Crippen LogP contribution >= 0.6 is 7.37 Å². The van der Waals surface area contributed by atoms with Gasteiger partial charge in [-0.25, -0.2) is 4.39 Å². The summed E-state index contributed by atoms with van der Waals surface area (Å²) in [6, 6.07) is 7.02. The maximum Gasteiger partial charge on any atom is 0.245 e. The van der Waals surface area contributed by atoms with Gasteiger partial charge in [0.15, 0.2) is 0 Å². The molecule has 0 saturated carbocycles. The van der Waals surface area contributed by atoms with E-state index >= 15 is 0 Å². The number of nitriles is 1. The summed E-state index contributed by atoms with van der Waals surface area (Å²) in [6.45, 7) is 1.96. The second-order valence-electron chi connectivity index (χ2n) is 2.88. The molecule has 0 aromatic heterocycles. The van der Waals surface area contributed by atoms with Crippen LogP contribution in [0.15, 0.2) is 24.3 Å². The van der Waals surface area contributed by atoms with Crippen molar-refractivity contribution >= 4 is 12.7 Å². The third kappa shape index (κ3) is 2.89. The molecule has 0 spiro atoms. The first-order chi connectivity index (χ1) is 7.12. The second-order valence-corrected chi connectivity index (χ2v) is 5.32. The Balaban J connectivity index is 3.05. The van der Waals surface area contributed by atoms with Crippen LogP contribution in [0.2, 0.25) is 0 Å². The number of nitrogens with zero attached hydrogens (tertiary/aromatic N) is 1. The van der Waals surface area contributed by atoms with E-state index in [1.807, 2.05) is 6.07 Å². The van der Waals surface area contributed by atoms with E-state index in [2.05, 4.69) is 0 Å². The Morgan fingerprint density at radius 3 is 2.53 bits per heavy atom. The predicted molar refractivity (Wildman–Crippen MR) is 55.7 cm³/mol. The summed E-state index contributed by atoms with van der Waals surface area (Å²) in [6.07, 6.45) is -0.188. The molecule has 0 heterocycles. The lowest BCUT2D eigenvalue weighted by atomic mass is 10.4. The van der Waals surface area contributed by atoms with Crippen LogP contribution in [-0.4, -0.2) is 12.8 Å². The molecule has 15 heavy (non-hydrogen) atoms. The highest BCUT2D eigenvalue weighted by molar-refractivity contribution is 7.67. The molecule has 0 aliphatic heterocycles. The lowest BCUT2D eigenvalue weighted by molar-refractivity contribution is 0.343. The van der Waals surface area contributed by atoms with Crippen molar-refractivity contribution in [3.8, 4) is 6.07 Å². The van der Waals surface area contributed by atoms with Gasteiger partial charge in [-0.3, -0.25) is 4.57 Å². The Morgan fingerprint density at radius 1 is 1.47 bits per heavy atom. The average molecular weight is 227 g/mol. The summed E-state index contributed by atoms with van der Waals surface area (Å²) in [7, 11) is -3.12. The molecule has 1 atom stereocenters.